The zero-order valence-corrected chi connectivity index (χ0v) is 12.5. The number of halogens is 1. The van der Waals surface area contributed by atoms with Gasteiger partial charge in [-0.05, 0) is 51.0 Å². The van der Waals surface area contributed by atoms with Gasteiger partial charge in [-0.1, -0.05) is 0 Å². The molecule has 0 aromatic heterocycles. The van der Waals surface area contributed by atoms with Gasteiger partial charge in [0.1, 0.15) is 5.82 Å². The molecule has 0 unspecified atom stereocenters. The van der Waals surface area contributed by atoms with E-state index in [0.717, 1.165) is 17.8 Å². The van der Waals surface area contributed by atoms with Gasteiger partial charge in [0, 0.05) is 31.4 Å². The molecule has 1 aromatic rings. The zero-order chi connectivity index (χ0) is 14.6. The van der Waals surface area contributed by atoms with Gasteiger partial charge in [-0.15, -0.1) is 0 Å². The Balaban J connectivity index is 3.23. The summed E-state index contributed by atoms with van der Waals surface area (Å²) >= 11 is 0. The van der Waals surface area contributed by atoms with Gasteiger partial charge in [-0.2, -0.15) is 0 Å². The SMILES string of the molecule is COCCN(c1cc(C)c(F)cc1[C@@H](C)N)C(C)C. The maximum atomic E-state index is 13.7. The molecule has 1 atom stereocenters. The third kappa shape index (κ3) is 3.91. The second-order valence-corrected chi connectivity index (χ2v) is 5.23. The lowest BCUT2D eigenvalue weighted by molar-refractivity contribution is 0.203. The van der Waals surface area contributed by atoms with Gasteiger partial charge >= 0.3 is 0 Å². The molecule has 0 heterocycles. The minimum Gasteiger partial charge on any atom is -0.383 e. The number of nitrogens with zero attached hydrogens (tertiary/aromatic N) is 1. The number of hydrogen-bond donors (Lipinski definition) is 1. The van der Waals surface area contributed by atoms with E-state index in [-0.39, 0.29) is 11.9 Å². The number of aryl methyl sites for hydroxylation is 1. The van der Waals surface area contributed by atoms with Crippen LogP contribution in [0.25, 0.3) is 0 Å². The van der Waals surface area contributed by atoms with E-state index in [9.17, 15) is 4.39 Å². The fourth-order valence-corrected chi connectivity index (χ4v) is 2.14. The van der Waals surface area contributed by atoms with Crippen molar-refractivity contribution in [2.24, 2.45) is 5.73 Å². The van der Waals surface area contributed by atoms with Gasteiger partial charge in [0.2, 0.25) is 0 Å². The van der Waals surface area contributed by atoms with Crippen molar-refractivity contribution in [3.8, 4) is 0 Å². The van der Waals surface area contributed by atoms with Crippen LogP contribution in [0, 0.1) is 12.7 Å². The molecule has 0 aliphatic rings. The van der Waals surface area contributed by atoms with Crippen LogP contribution in [0.15, 0.2) is 12.1 Å². The second-order valence-electron chi connectivity index (χ2n) is 5.23. The van der Waals surface area contributed by atoms with E-state index >= 15 is 0 Å². The Labute approximate surface area is 115 Å². The first-order valence-electron chi connectivity index (χ1n) is 6.69. The van der Waals surface area contributed by atoms with Crippen molar-refractivity contribution in [2.45, 2.75) is 39.8 Å². The van der Waals surface area contributed by atoms with Crippen LogP contribution in [0.3, 0.4) is 0 Å². The van der Waals surface area contributed by atoms with E-state index < -0.39 is 0 Å². The molecule has 0 spiro atoms. The first kappa shape index (κ1) is 15.9. The van der Waals surface area contributed by atoms with Crippen molar-refractivity contribution >= 4 is 5.69 Å². The summed E-state index contributed by atoms with van der Waals surface area (Å²) in [5.74, 6) is -0.202. The van der Waals surface area contributed by atoms with Gasteiger partial charge in [0.25, 0.3) is 0 Å². The van der Waals surface area contributed by atoms with Crippen molar-refractivity contribution in [2.75, 3.05) is 25.2 Å². The van der Waals surface area contributed by atoms with Crippen LogP contribution in [0.5, 0.6) is 0 Å². The minimum atomic E-state index is -0.202. The Morgan fingerprint density at radius 1 is 1.32 bits per heavy atom. The van der Waals surface area contributed by atoms with Gasteiger partial charge in [0.05, 0.1) is 6.61 Å². The van der Waals surface area contributed by atoms with Gasteiger partial charge in [0.15, 0.2) is 0 Å². The molecule has 2 N–H and O–H groups in total. The molecular weight excluding hydrogens is 243 g/mol. The molecule has 0 aliphatic carbocycles. The largest absolute Gasteiger partial charge is 0.383 e. The first-order valence-corrected chi connectivity index (χ1v) is 6.69. The van der Waals surface area contributed by atoms with E-state index in [0.29, 0.717) is 18.2 Å². The number of ether oxygens (including phenoxy) is 1. The molecule has 108 valence electrons. The second kappa shape index (κ2) is 6.87. The predicted octanol–water partition coefficient (Wildman–Crippen LogP) is 3.02. The quantitative estimate of drug-likeness (QED) is 0.862. The van der Waals surface area contributed by atoms with Crippen LogP contribution < -0.4 is 10.6 Å². The first-order chi connectivity index (χ1) is 8.88. The molecule has 1 rings (SSSR count). The van der Waals surface area contributed by atoms with Crippen molar-refractivity contribution < 1.29 is 9.13 Å². The normalized spacial score (nSPS) is 12.8. The van der Waals surface area contributed by atoms with E-state index in [1.54, 1.807) is 20.1 Å². The maximum Gasteiger partial charge on any atom is 0.126 e. The summed E-state index contributed by atoms with van der Waals surface area (Å²) in [5.41, 5.74) is 8.46. The molecule has 4 heteroatoms. The molecule has 1 aromatic carbocycles. The van der Waals surface area contributed by atoms with E-state index in [1.807, 2.05) is 13.0 Å². The van der Waals surface area contributed by atoms with Crippen LogP contribution in [-0.4, -0.2) is 26.3 Å². The highest BCUT2D eigenvalue weighted by Gasteiger charge is 2.18. The number of rotatable bonds is 6. The molecule has 0 aliphatic heterocycles. The van der Waals surface area contributed by atoms with Gasteiger partial charge in [-0.25, -0.2) is 4.39 Å². The summed E-state index contributed by atoms with van der Waals surface area (Å²) in [6, 6.07) is 3.53. The highest BCUT2D eigenvalue weighted by Crippen LogP contribution is 2.29. The molecule has 0 radical (unpaired) electrons. The zero-order valence-electron chi connectivity index (χ0n) is 12.5. The summed E-state index contributed by atoms with van der Waals surface area (Å²) in [6.07, 6.45) is 0. The highest BCUT2D eigenvalue weighted by atomic mass is 19.1. The number of anilines is 1. The molecule has 19 heavy (non-hydrogen) atoms. The third-order valence-corrected chi connectivity index (χ3v) is 3.27. The summed E-state index contributed by atoms with van der Waals surface area (Å²) in [5, 5.41) is 0. The number of methoxy groups -OCH3 is 1. The molecule has 0 amide bonds. The highest BCUT2D eigenvalue weighted by molar-refractivity contribution is 5.57. The Morgan fingerprint density at radius 3 is 2.42 bits per heavy atom. The fourth-order valence-electron chi connectivity index (χ4n) is 2.14. The van der Waals surface area contributed by atoms with Crippen LogP contribution in [-0.2, 0) is 4.74 Å². The van der Waals surface area contributed by atoms with Crippen molar-refractivity contribution in [3.63, 3.8) is 0 Å². The smallest absolute Gasteiger partial charge is 0.126 e. The van der Waals surface area contributed by atoms with E-state index in [1.165, 1.54) is 0 Å². The standard InChI is InChI=1S/C15H25FN2O/c1-10(2)18(6-7-19-5)15-8-11(3)14(16)9-13(15)12(4)17/h8-10,12H,6-7,17H2,1-5H3/t12-/m1/s1. The Morgan fingerprint density at radius 2 is 1.95 bits per heavy atom. The van der Waals surface area contributed by atoms with E-state index in [2.05, 4.69) is 18.7 Å². The molecule has 0 fully saturated rings. The molecule has 3 nitrogen and oxygen atoms in total. The maximum absolute atomic E-state index is 13.7. The monoisotopic (exact) mass is 268 g/mol. The van der Waals surface area contributed by atoms with Crippen LogP contribution >= 0.6 is 0 Å². The van der Waals surface area contributed by atoms with Gasteiger partial charge in [-0.3, -0.25) is 0 Å². The number of nitrogens with two attached hydrogens (primary N) is 1. The fraction of sp³-hybridized carbons (Fsp3) is 0.600. The molecule has 0 saturated heterocycles. The lowest BCUT2D eigenvalue weighted by Gasteiger charge is -2.32. The van der Waals surface area contributed by atoms with Crippen LogP contribution in [0.4, 0.5) is 10.1 Å². The van der Waals surface area contributed by atoms with E-state index in [4.69, 9.17) is 10.5 Å². The average molecular weight is 268 g/mol. The van der Waals surface area contributed by atoms with Gasteiger partial charge < -0.3 is 15.4 Å². The van der Waals surface area contributed by atoms with Crippen molar-refractivity contribution in [1.82, 2.24) is 0 Å². The molecular formula is C15H25FN2O. The van der Waals surface area contributed by atoms with Crippen LogP contribution in [0.1, 0.15) is 37.9 Å². The minimum absolute atomic E-state index is 0.200. The Hall–Kier alpha value is -1.13. The molecule has 0 bridgehead atoms. The summed E-state index contributed by atoms with van der Waals surface area (Å²) < 4.78 is 18.9. The predicted molar refractivity (Wildman–Crippen MR) is 78.1 cm³/mol. The van der Waals surface area contributed by atoms with Crippen LogP contribution in [0.2, 0.25) is 0 Å². The van der Waals surface area contributed by atoms with Crippen molar-refractivity contribution in [1.29, 1.82) is 0 Å². The summed E-state index contributed by atoms with van der Waals surface area (Å²) in [7, 11) is 1.68. The third-order valence-electron chi connectivity index (χ3n) is 3.27. The molecule has 0 saturated carbocycles. The Kier molecular flexibility index (Phi) is 5.76. The summed E-state index contributed by atoms with van der Waals surface area (Å²) in [6.45, 7) is 9.27. The lowest BCUT2D eigenvalue weighted by Crippen LogP contribution is -2.35. The summed E-state index contributed by atoms with van der Waals surface area (Å²) in [4.78, 5) is 2.20. The Bertz CT molecular complexity index is 419. The average Bonchev–Trinajstić information content (AvgIpc) is 2.32. The number of benzene rings is 1. The number of hydrogen-bond acceptors (Lipinski definition) is 3. The topological polar surface area (TPSA) is 38.5 Å². The lowest BCUT2D eigenvalue weighted by atomic mass is 10.0. The van der Waals surface area contributed by atoms with Crippen molar-refractivity contribution in [3.05, 3.63) is 29.1 Å².